The minimum absolute atomic E-state index is 0.374. The molecule has 14 heavy (non-hydrogen) atoms. The van der Waals surface area contributed by atoms with E-state index in [2.05, 4.69) is 31.9 Å². The molecule has 2 unspecified atom stereocenters. The van der Waals surface area contributed by atoms with E-state index in [4.69, 9.17) is 16.3 Å². The zero-order valence-electron chi connectivity index (χ0n) is 7.30. The van der Waals surface area contributed by atoms with Crippen LogP contribution in [0.2, 0.25) is 5.02 Å². The molecule has 1 aromatic rings. The van der Waals surface area contributed by atoms with Crippen molar-refractivity contribution in [2.75, 3.05) is 13.2 Å². The summed E-state index contributed by atoms with van der Waals surface area (Å²) < 4.78 is 6.38. The summed E-state index contributed by atoms with van der Waals surface area (Å²) in [5.74, 6) is 0.580. The van der Waals surface area contributed by atoms with E-state index in [-0.39, 0.29) is 0 Å². The van der Waals surface area contributed by atoms with Crippen LogP contribution in [-0.4, -0.2) is 13.2 Å². The first-order chi connectivity index (χ1) is 6.68. The second-order valence-electron chi connectivity index (χ2n) is 3.30. The summed E-state index contributed by atoms with van der Waals surface area (Å²) in [5, 5.41) is 0.799. The fraction of sp³-hybridized carbons (Fsp3) is 0.556. The van der Waals surface area contributed by atoms with Gasteiger partial charge in [-0.05, 0) is 28.4 Å². The lowest BCUT2D eigenvalue weighted by Gasteiger charge is -2.13. The van der Waals surface area contributed by atoms with Crippen molar-refractivity contribution in [3.63, 3.8) is 0 Å². The Morgan fingerprint density at radius 1 is 1.64 bits per heavy atom. The summed E-state index contributed by atoms with van der Waals surface area (Å²) in [6.45, 7) is 1.73. The fourth-order valence-electron chi connectivity index (χ4n) is 1.52. The van der Waals surface area contributed by atoms with Gasteiger partial charge in [0.2, 0.25) is 0 Å². The van der Waals surface area contributed by atoms with Crippen molar-refractivity contribution in [1.82, 2.24) is 0 Å². The monoisotopic (exact) mass is 358 g/mol. The first-order valence-corrected chi connectivity index (χ1v) is 7.25. The largest absolute Gasteiger partial charge is 0.381 e. The molecule has 1 fully saturated rings. The molecule has 5 heteroatoms. The summed E-state index contributed by atoms with van der Waals surface area (Å²) in [6, 6.07) is 2.02. The standard InChI is InChI=1S/C9H9Br2ClOS/c10-8(5-1-2-13-4-5)7-3-6(12)9(11)14-7/h3,5,8H,1-2,4H2. The Bertz CT molecular complexity index is 303. The molecule has 0 N–H and O–H groups in total. The molecule has 0 aromatic carbocycles. The van der Waals surface area contributed by atoms with E-state index in [1.54, 1.807) is 11.3 Å². The third-order valence-corrected chi connectivity index (χ3v) is 6.42. The molecule has 1 aliphatic rings. The molecule has 1 aliphatic heterocycles. The van der Waals surface area contributed by atoms with Gasteiger partial charge in [-0.1, -0.05) is 27.5 Å². The first kappa shape index (κ1) is 11.4. The van der Waals surface area contributed by atoms with Crippen molar-refractivity contribution in [2.45, 2.75) is 11.2 Å². The maximum absolute atomic E-state index is 5.99. The lowest BCUT2D eigenvalue weighted by molar-refractivity contribution is 0.186. The van der Waals surface area contributed by atoms with Gasteiger partial charge in [-0.15, -0.1) is 11.3 Å². The van der Waals surface area contributed by atoms with Gasteiger partial charge in [-0.25, -0.2) is 0 Å². The summed E-state index contributed by atoms with van der Waals surface area (Å²) in [6.07, 6.45) is 1.13. The molecule has 1 aromatic heterocycles. The van der Waals surface area contributed by atoms with Crippen LogP contribution in [0, 0.1) is 5.92 Å². The van der Waals surface area contributed by atoms with Gasteiger partial charge in [0.1, 0.15) is 0 Å². The molecule has 0 radical (unpaired) electrons. The lowest BCUT2D eigenvalue weighted by Crippen LogP contribution is -2.05. The highest BCUT2D eigenvalue weighted by Crippen LogP contribution is 2.43. The van der Waals surface area contributed by atoms with Crippen molar-refractivity contribution >= 4 is 54.8 Å². The molecular formula is C9H9Br2ClOS. The highest BCUT2D eigenvalue weighted by molar-refractivity contribution is 9.11. The summed E-state index contributed by atoms with van der Waals surface area (Å²) in [7, 11) is 0. The van der Waals surface area contributed by atoms with E-state index >= 15 is 0 Å². The minimum atomic E-state index is 0.374. The van der Waals surface area contributed by atoms with Gasteiger partial charge < -0.3 is 4.74 Å². The van der Waals surface area contributed by atoms with Crippen molar-refractivity contribution < 1.29 is 4.74 Å². The van der Waals surface area contributed by atoms with E-state index in [1.165, 1.54) is 4.88 Å². The number of hydrogen-bond donors (Lipinski definition) is 0. The Kier molecular flexibility index (Phi) is 3.93. The second kappa shape index (κ2) is 4.83. The molecule has 0 saturated carbocycles. The van der Waals surface area contributed by atoms with Gasteiger partial charge in [0, 0.05) is 17.4 Å². The summed E-state index contributed by atoms with van der Waals surface area (Å²) in [5.41, 5.74) is 0. The summed E-state index contributed by atoms with van der Waals surface area (Å²) in [4.78, 5) is 1.65. The van der Waals surface area contributed by atoms with Gasteiger partial charge in [0.25, 0.3) is 0 Å². The molecule has 2 heterocycles. The normalized spacial score (nSPS) is 24.1. The zero-order chi connectivity index (χ0) is 10.1. The van der Waals surface area contributed by atoms with E-state index in [0.717, 1.165) is 28.4 Å². The number of thiophene rings is 1. The van der Waals surface area contributed by atoms with Crippen LogP contribution in [0.15, 0.2) is 9.85 Å². The Morgan fingerprint density at radius 2 is 2.43 bits per heavy atom. The molecule has 78 valence electrons. The molecule has 2 atom stereocenters. The lowest BCUT2D eigenvalue weighted by atomic mass is 10.0. The predicted octanol–water partition coefficient (Wildman–Crippen LogP) is 4.64. The Labute approximate surface area is 109 Å². The molecule has 1 saturated heterocycles. The SMILES string of the molecule is Clc1cc(C(Br)C2CCOC2)sc1Br. The third kappa shape index (κ3) is 2.35. The van der Waals surface area contributed by atoms with Crippen LogP contribution in [0.5, 0.6) is 0 Å². The van der Waals surface area contributed by atoms with Gasteiger partial charge in [-0.3, -0.25) is 0 Å². The molecule has 2 rings (SSSR count). The smallest absolute Gasteiger partial charge is 0.0887 e. The Hall–Kier alpha value is 0.910. The van der Waals surface area contributed by atoms with Crippen LogP contribution in [0.1, 0.15) is 16.1 Å². The average Bonchev–Trinajstić information content (AvgIpc) is 2.76. The van der Waals surface area contributed by atoms with Crippen molar-refractivity contribution in [3.8, 4) is 0 Å². The molecule has 0 aliphatic carbocycles. The Balaban J connectivity index is 2.13. The number of rotatable bonds is 2. The molecule has 0 bridgehead atoms. The third-order valence-electron chi connectivity index (χ3n) is 2.31. The zero-order valence-corrected chi connectivity index (χ0v) is 12.0. The summed E-state index contributed by atoms with van der Waals surface area (Å²) >= 11 is 14.8. The molecule has 0 spiro atoms. The van der Waals surface area contributed by atoms with Crippen LogP contribution in [0.3, 0.4) is 0 Å². The van der Waals surface area contributed by atoms with Crippen LogP contribution in [0.4, 0.5) is 0 Å². The topological polar surface area (TPSA) is 9.23 Å². The van der Waals surface area contributed by atoms with Crippen LogP contribution in [-0.2, 0) is 4.74 Å². The number of halogens is 3. The van der Waals surface area contributed by atoms with Crippen LogP contribution >= 0.6 is 54.8 Å². The van der Waals surface area contributed by atoms with Crippen molar-refractivity contribution in [2.24, 2.45) is 5.92 Å². The minimum Gasteiger partial charge on any atom is -0.381 e. The number of hydrogen-bond acceptors (Lipinski definition) is 2. The van der Waals surface area contributed by atoms with E-state index in [0.29, 0.717) is 10.7 Å². The highest BCUT2D eigenvalue weighted by atomic mass is 79.9. The molecular weight excluding hydrogens is 351 g/mol. The first-order valence-electron chi connectivity index (χ1n) is 4.35. The van der Waals surface area contributed by atoms with Gasteiger partial charge in [-0.2, -0.15) is 0 Å². The Morgan fingerprint density at radius 3 is 2.93 bits per heavy atom. The second-order valence-corrected chi connectivity index (χ2v) is 7.09. The number of alkyl halides is 1. The number of ether oxygens (including phenoxy) is 1. The quantitative estimate of drug-likeness (QED) is 0.699. The maximum Gasteiger partial charge on any atom is 0.0887 e. The van der Waals surface area contributed by atoms with E-state index in [9.17, 15) is 0 Å². The van der Waals surface area contributed by atoms with Crippen LogP contribution < -0.4 is 0 Å². The predicted molar refractivity (Wildman–Crippen MR) is 67.6 cm³/mol. The van der Waals surface area contributed by atoms with Gasteiger partial charge in [0.15, 0.2) is 0 Å². The fourth-order valence-corrected chi connectivity index (χ4v) is 4.16. The average molecular weight is 360 g/mol. The van der Waals surface area contributed by atoms with Crippen molar-refractivity contribution in [3.05, 3.63) is 19.8 Å². The van der Waals surface area contributed by atoms with Gasteiger partial charge in [0.05, 0.1) is 20.2 Å². The van der Waals surface area contributed by atoms with Gasteiger partial charge >= 0.3 is 0 Å². The van der Waals surface area contributed by atoms with E-state index < -0.39 is 0 Å². The molecule has 0 amide bonds. The highest BCUT2D eigenvalue weighted by Gasteiger charge is 2.26. The molecule has 1 nitrogen and oxygen atoms in total. The van der Waals surface area contributed by atoms with Crippen LogP contribution in [0.25, 0.3) is 0 Å². The van der Waals surface area contributed by atoms with E-state index in [1.807, 2.05) is 6.07 Å². The van der Waals surface area contributed by atoms with Crippen molar-refractivity contribution in [1.29, 1.82) is 0 Å². The maximum atomic E-state index is 5.99.